The Balaban J connectivity index is 2.04. The average molecular weight is 231 g/mol. The molecular formula is C15H21NO. The molecule has 0 saturated carbocycles. The monoisotopic (exact) mass is 231 g/mol. The minimum atomic E-state index is 0.255. The van der Waals surface area contributed by atoms with E-state index < -0.39 is 0 Å². The van der Waals surface area contributed by atoms with E-state index >= 15 is 0 Å². The summed E-state index contributed by atoms with van der Waals surface area (Å²) in [5.74, 6) is 0.783. The van der Waals surface area contributed by atoms with E-state index in [-0.39, 0.29) is 5.91 Å². The van der Waals surface area contributed by atoms with Crippen LogP contribution in [0.4, 0.5) is 0 Å². The Morgan fingerprint density at radius 1 is 1.35 bits per heavy atom. The van der Waals surface area contributed by atoms with Crippen molar-refractivity contribution in [3.05, 3.63) is 34.9 Å². The molecule has 2 rings (SSSR count). The van der Waals surface area contributed by atoms with Gasteiger partial charge in [-0.15, -0.1) is 0 Å². The fourth-order valence-corrected chi connectivity index (χ4v) is 2.56. The van der Waals surface area contributed by atoms with Crippen LogP contribution in [0.3, 0.4) is 0 Å². The third-order valence-electron chi connectivity index (χ3n) is 3.65. The zero-order valence-corrected chi connectivity index (χ0v) is 11.0. The highest BCUT2D eigenvalue weighted by molar-refractivity contribution is 5.75. The standard InChI is InChI=1S/C15H21NO/c1-11-4-6-14-9-12(5-7-13(14)8-11)10-15(17)16(2)3/h4,6,8,12H,5,7,9-10H2,1-3H3. The van der Waals surface area contributed by atoms with Crippen molar-refractivity contribution in [3.8, 4) is 0 Å². The molecule has 2 nitrogen and oxygen atoms in total. The third kappa shape index (κ3) is 2.87. The summed E-state index contributed by atoms with van der Waals surface area (Å²) in [5.41, 5.74) is 4.27. The van der Waals surface area contributed by atoms with Crippen molar-refractivity contribution in [3.63, 3.8) is 0 Å². The van der Waals surface area contributed by atoms with Gasteiger partial charge in [0.25, 0.3) is 0 Å². The van der Waals surface area contributed by atoms with Crippen LogP contribution >= 0.6 is 0 Å². The number of hydrogen-bond acceptors (Lipinski definition) is 1. The van der Waals surface area contributed by atoms with Crippen LogP contribution in [0.15, 0.2) is 18.2 Å². The van der Waals surface area contributed by atoms with E-state index in [4.69, 9.17) is 0 Å². The number of amides is 1. The molecule has 1 aliphatic rings. The van der Waals surface area contributed by atoms with Crippen molar-refractivity contribution in [1.82, 2.24) is 4.90 Å². The zero-order chi connectivity index (χ0) is 12.4. The Labute approximate surface area is 104 Å². The van der Waals surface area contributed by atoms with Crippen LogP contribution in [0.5, 0.6) is 0 Å². The SMILES string of the molecule is Cc1ccc2c(c1)CCC(CC(=O)N(C)C)C2. The van der Waals surface area contributed by atoms with E-state index in [0.29, 0.717) is 12.3 Å². The maximum Gasteiger partial charge on any atom is 0.222 e. The van der Waals surface area contributed by atoms with Gasteiger partial charge in [0.2, 0.25) is 5.91 Å². The van der Waals surface area contributed by atoms with Crippen LogP contribution in [-0.2, 0) is 17.6 Å². The van der Waals surface area contributed by atoms with Crippen molar-refractivity contribution in [2.24, 2.45) is 5.92 Å². The van der Waals surface area contributed by atoms with Crippen molar-refractivity contribution >= 4 is 5.91 Å². The number of rotatable bonds is 2. The molecule has 0 radical (unpaired) electrons. The first-order chi connectivity index (χ1) is 8.06. The lowest BCUT2D eigenvalue weighted by atomic mass is 9.81. The Hall–Kier alpha value is -1.31. The first-order valence-electron chi connectivity index (χ1n) is 6.35. The number of carbonyl (C=O) groups excluding carboxylic acids is 1. The summed E-state index contributed by atoms with van der Waals surface area (Å²) in [6, 6.07) is 6.70. The molecule has 92 valence electrons. The number of hydrogen-bond donors (Lipinski definition) is 0. The van der Waals surface area contributed by atoms with Gasteiger partial charge >= 0.3 is 0 Å². The molecule has 2 heteroatoms. The Kier molecular flexibility index (Phi) is 3.51. The van der Waals surface area contributed by atoms with Crippen LogP contribution in [0.2, 0.25) is 0 Å². The first-order valence-corrected chi connectivity index (χ1v) is 6.35. The topological polar surface area (TPSA) is 20.3 Å². The highest BCUT2D eigenvalue weighted by Crippen LogP contribution is 2.28. The lowest BCUT2D eigenvalue weighted by molar-refractivity contribution is -0.129. The minimum Gasteiger partial charge on any atom is -0.349 e. The Bertz CT molecular complexity index is 423. The number of fused-ring (bicyclic) bond motifs is 1. The van der Waals surface area contributed by atoms with E-state index in [2.05, 4.69) is 25.1 Å². The molecule has 0 aliphatic heterocycles. The predicted octanol–water partition coefficient (Wildman–Crippen LogP) is 2.58. The molecule has 1 aromatic carbocycles. The summed E-state index contributed by atoms with van der Waals surface area (Å²) in [6.07, 6.45) is 4.04. The molecule has 17 heavy (non-hydrogen) atoms. The Morgan fingerprint density at radius 2 is 2.12 bits per heavy atom. The minimum absolute atomic E-state index is 0.255. The predicted molar refractivity (Wildman–Crippen MR) is 70.0 cm³/mol. The molecular weight excluding hydrogens is 210 g/mol. The van der Waals surface area contributed by atoms with Gasteiger partial charge in [-0.2, -0.15) is 0 Å². The highest BCUT2D eigenvalue weighted by Gasteiger charge is 2.21. The van der Waals surface area contributed by atoms with Gasteiger partial charge in [-0.05, 0) is 43.2 Å². The van der Waals surface area contributed by atoms with E-state index in [1.807, 2.05) is 14.1 Å². The second-order valence-electron chi connectivity index (χ2n) is 5.37. The van der Waals surface area contributed by atoms with Gasteiger partial charge in [0.15, 0.2) is 0 Å². The largest absolute Gasteiger partial charge is 0.349 e. The summed E-state index contributed by atoms with van der Waals surface area (Å²) in [6.45, 7) is 2.14. The maximum absolute atomic E-state index is 11.7. The van der Waals surface area contributed by atoms with Crippen LogP contribution in [0.1, 0.15) is 29.5 Å². The molecule has 0 heterocycles. The fraction of sp³-hybridized carbons (Fsp3) is 0.533. The third-order valence-corrected chi connectivity index (χ3v) is 3.65. The first kappa shape index (κ1) is 12.2. The van der Waals surface area contributed by atoms with E-state index in [1.165, 1.54) is 16.7 Å². The molecule has 0 saturated heterocycles. The second-order valence-corrected chi connectivity index (χ2v) is 5.37. The molecule has 0 aromatic heterocycles. The fourth-order valence-electron chi connectivity index (χ4n) is 2.56. The quantitative estimate of drug-likeness (QED) is 0.766. The second kappa shape index (κ2) is 4.91. The van der Waals surface area contributed by atoms with E-state index in [9.17, 15) is 4.79 Å². The van der Waals surface area contributed by atoms with Gasteiger partial charge < -0.3 is 4.90 Å². The van der Waals surface area contributed by atoms with Gasteiger partial charge in [0, 0.05) is 20.5 Å². The summed E-state index contributed by atoms with van der Waals surface area (Å²) in [7, 11) is 3.67. The van der Waals surface area contributed by atoms with Crippen LogP contribution in [-0.4, -0.2) is 24.9 Å². The van der Waals surface area contributed by atoms with Gasteiger partial charge in [0.05, 0.1) is 0 Å². The molecule has 1 aliphatic carbocycles. The molecule has 1 unspecified atom stereocenters. The Morgan fingerprint density at radius 3 is 2.82 bits per heavy atom. The average Bonchev–Trinajstić information content (AvgIpc) is 2.29. The number of carbonyl (C=O) groups is 1. The summed E-state index contributed by atoms with van der Waals surface area (Å²) in [5, 5.41) is 0. The maximum atomic E-state index is 11.7. The molecule has 0 spiro atoms. The van der Waals surface area contributed by atoms with Crippen LogP contribution in [0, 0.1) is 12.8 Å². The summed E-state index contributed by atoms with van der Waals surface area (Å²) in [4.78, 5) is 13.4. The van der Waals surface area contributed by atoms with Gasteiger partial charge in [0.1, 0.15) is 0 Å². The summed E-state index contributed by atoms with van der Waals surface area (Å²) < 4.78 is 0. The molecule has 0 N–H and O–H groups in total. The van der Waals surface area contributed by atoms with Crippen molar-refractivity contribution in [1.29, 1.82) is 0 Å². The number of nitrogens with zero attached hydrogens (tertiary/aromatic N) is 1. The summed E-state index contributed by atoms with van der Waals surface area (Å²) >= 11 is 0. The van der Waals surface area contributed by atoms with E-state index in [0.717, 1.165) is 19.3 Å². The molecule has 1 atom stereocenters. The van der Waals surface area contributed by atoms with Crippen molar-refractivity contribution in [2.45, 2.75) is 32.6 Å². The van der Waals surface area contributed by atoms with Gasteiger partial charge in [-0.1, -0.05) is 23.8 Å². The van der Waals surface area contributed by atoms with Gasteiger partial charge in [-0.3, -0.25) is 4.79 Å². The van der Waals surface area contributed by atoms with Crippen molar-refractivity contribution < 1.29 is 4.79 Å². The van der Waals surface area contributed by atoms with E-state index in [1.54, 1.807) is 4.90 Å². The highest BCUT2D eigenvalue weighted by atomic mass is 16.2. The van der Waals surface area contributed by atoms with Crippen LogP contribution < -0.4 is 0 Å². The zero-order valence-electron chi connectivity index (χ0n) is 11.0. The molecule has 1 aromatic rings. The number of aryl methyl sites for hydroxylation is 2. The normalized spacial score (nSPS) is 18.6. The molecule has 0 fully saturated rings. The molecule has 0 bridgehead atoms. The lowest BCUT2D eigenvalue weighted by Gasteiger charge is -2.25. The molecule has 1 amide bonds. The van der Waals surface area contributed by atoms with Crippen molar-refractivity contribution in [2.75, 3.05) is 14.1 Å². The lowest BCUT2D eigenvalue weighted by Crippen LogP contribution is -2.26. The smallest absolute Gasteiger partial charge is 0.222 e. The van der Waals surface area contributed by atoms with Crippen LogP contribution in [0.25, 0.3) is 0 Å². The number of benzene rings is 1. The van der Waals surface area contributed by atoms with Gasteiger partial charge in [-0.25, -0.2) is 0 Å².